The molecule has 0 bridgehead atoms. The summed E-state index contributed by atoms with van der Waals surface area (Å²) in [6, 6.07) is 26.2. The highest BCUT2D eigenvalue weighted by molar-refractivity contribution is 9.10. The number of thioether (sulfide) groups is 1. The molecule has 6 heteroatoms. The Morgan fingerprint density at radius 2 is 1.52 bits per heavy atom. The van der Waals surface area contributed by atoms with Crippen LogP contribution in [0.25, 0.3) is 17.0 Å². The third-order valence-electron chi connectivity index (χ3n) is 5.87. The molecule has 4 nitrogen and oxygen atoms in total. The van der Waals surface area contributed by atoms with Gasteiger partial charge < -0.3 is 4.57 Å². The Bertz CT molecular complexity index is 1390. The second kappa shape index (κ2) is 9.04. The molecule has 2 amide bonds. The lowest BCUT2D eigenvalue weighted by molar-refractivity contribution is -0.123. The summed E-state index contributed by atoms with van der Waals surface area (Å²) in [4.78, 5) is 27.6. The van der Waals surface area contributed by atoms with E-state index in [9.17, 15) is 9.59 Å². The van der Waals surface area contributed by atoms with E-state index in [0.717, 1.165) is 50.5 Å². The van der Waals surface area contributed by atoms with Gasteiger partial charge in [-0.05, 0) is 54.1 Å². The number of aromatic nitrogens is 1. The van der Waals surface area contributed by atoms with Crippen molar-refractivity contribution in [1.29, 1.82) is 0 Å². The molecule has 3 aromatic carbocycles. The zero-order valence-corrected chi connectivity index (χ0v) is 20.4. The largest absolute Gasteiger partial charge is 0.340 e. The number of amides is 2. The summed E-state index contributed by atoms with van der Waals surface area (Å²) in [6.07, 6.45) is 1.88. The number of carbonyl (C=O) groups is 2. The van der Waals surface area contributed by atoms with Crippen molar-refractivity contribution in [3.8, 4) is 0 Å². The quantitative estimate of drug-likeness (QED) is 0.268. The van der Waals surface area contributed by atoms with E-state index in [0.29, 0.717) is 4.91 Å². The average molecular weight is 517 g/mol. The van der Waals surface area contributed by atoms with E-state index in [1.807, 2.05) is 60.7 Å². The van der Waals surface area contributed by atoms with Crippen LogP contribution in [0.15, 0.2) is 88.2 Å². The molecular weight excluding hydrogens is 496 g/mol. The molecule has 0 atom stereocenters. The Morgan fingerprint density at radius 3 is 2.27 bits per heavy atom. The van der Waals surface area contributed by atoms with E-state index in [4.69, 9.17) is 0 Å². The number of carbonyl (C=O) groups excluding carboxylic acids is 2. The number of fused-ring (bicyclic) bond motifs is 1. The minimum absolute atomic E-state index is 0.236. The van der Waals surface area contributed by atoms with Crippen molar-refractivity contribution in [2.24, 2.45) is 0 Å². The van der Waals surface area contributed by atoms with Crippen molar-refractivity contribution < 1.29 is 9.59 Å². The van der Waals surface area contributed by atoms with Crippen LogP contribution in [0.2, 0.25) is 0 Å². The number of hydrogen-bond donors (Lipinski definition) is 0. The molecule has 0 aliphatic carbocycles. The summed E-state index contributed by atoms with van der Waals surface area (Å²) >= 11 is 4.42. The molecule has 1 saturated heterocycles. The molecule has 1 aliphatic heterocycles. The molecule has 0 saturated carbocycles. The summed E-state index contributed by atoms with van der Waals surface area (Å²) < 4.78 is 3.23. The third kappa shape index (κ3) is 4.28. The maximum Gasteiger partial charge on any atom is 0.293 e. The van der Waals surface area contributed by atoms with E-state index in [1.54, 1.807) is 0 Å². The van der Waals surface area contributed by atoms with Gasteiger partial charge in [0.15, 0.2) is 0 Å². The number of halogens is 1. The fourth-order valence-electron chi connectivity index (χ4n) is 4.15. The maximum atomic E-state index is 13.1. The Morgan fingerprint density at radius 1 is 0.848 bits per heavy atom. The second-order valence-corrected chi connectivity index (χ2v) is 9.89. The minimum atomic E-state index is -0.243. The van der Waals surface area contributed by atoms with Gasteiger partial charge in [-0.3, -0.25) is 14.5 Å². The molecule has 0 N–H and O–H groups in total. The molecule has 0 spiro atoms. The van der Waals surface area contributed by atoms with Gasteiger partial charge >= 0.3 is 0 Å². The van der Waals surface area contributed by atoms with Gasteiger partial charge in [0.05, 0.1) is 11.4 Å². The predicted molar refractivity (Wildman–Crippen MR) is 138 cm³/mol. The molecule has 5 rings (SSSR count). The summed E-state index contributed by atoms with van der Waals surface area (Å²) in [7, 11) is 0. The van der Waals surface area contributed by atoms with Gasteiger partial charge in [-0.25, -0.2) is 0 Å². The molecule has 1 aliphatic rings. The van der Waals surface area contributed by atoms with Crippen molar-refractivity contribution in [3.05, 3.63) is 111 Å². The standard InChI is InChI=1S/C27H21BrN2O2S/c1-18-23(22-9-5-6-10-24(22)29(18)16-19-7-3-2-4-8-19)15-25-26(31)30(27(32)33-25)17-20-11-13-21(28)14-12-20/h2-15H,16-17H2,1H3/b25-15+. The average Bonchev–Trinajstić information content (AvgIpc) is 3.24. The van der Waals surface area contributed by atoms with Crippen LogP contribution < -0.4 is 0 Å². The Labute approximate surface area is 205 Å². The normalized spacial score (nSPS) is 15.2. The van der Waals surface area contributed by atoms with E-state index in [1.165, 1.54) is 10.5 Å². The monoisotopic (exact) mass is 516 g/mol. The van der Waals surface area contributed by atoms with Crippen LogP contribution in [0, 0.1) is 6.92 Å². The molecule has 1 fully saturated rings. The van der Waals surface area contributed by atoms with E-state index < -0.39 is 0 Å². The van der Waals surface area contributed by atoms with E-state index in [2.05, 4.69) is 51.7 Å². The van der Waals surface area contributed by atoms with Gasteiger partial charge in [0.25, 0.3) is 11.1 Å². The molecule has 0 unspecified atom stereocenters. The summed E-state index contributed by atoms with van der Waals surface area (Å²) in [6.45, 7) is 3.08. The van der Waals surface area contributed by atoms with Gasteiger partial charge in [-0.2, -0.15) is 0 Å². The Kier molecular flexibility index (Phi) is 5.96. The minimum Gasteiger partial charge on any atom is -0.340 e. The Hall–Kier alpha value is -3.09. The van der Waals surface area contributed by atoms with Crippen LogP contribution in [0.5, 0.6) is 0 Å². The van der Waals surface area contributed by atoms with Crippen LogP contribution in [-0.2, 0) is 17.9 Å². The van der Waals surface area contributed by atoms with Gasteiger partial charge in [0.2, 0.25) is 0 Å². The lowest BCUT2D eigenvalue weighted by Gasteiger charge is -2.12. The lowest BCUT2D eigenvalue weighted by atomic mass is 10.1. The highest BCUT2D eigenvalue weighted by Gasteiger charge is 2.35. The van der Waals surface area contributed by atoms with Gasteiger partial charge in [-0.15, -0.1) is 0 Å². The molecule has 164 valence electrons. The first-order chi connectivity index (χ1) is 16.0. The van der Waals surface area contributed by atoms with Crippen LogP contribution in [0.4, 0.5) is 4.79 Å². The third-order valence-corrected chi connectivity index (χ3v) is 7.30. The lowest BCUT2D eigenvalue weighted by Crippen LogP contribution is -2.27. The van der Waals surface area contributed by atoms with Crippen LogP contribution in [0.1, 0.15) is 22.4 Å². The molecule has 4 aromatic rings. The van der Waals surface area contributed by atoms with Crippen LogP contribution in [0.3, 0.4) is 0 Å². The first kappa shape index (κ1) is 21.7. The highest BCUT2D eigenvalue weighted by atomic mass is 79.9. The molecule has 33 heavy (non-hydrogen) atoms. The van der Waals surface area contributed by atoms with Crippen LogP contribution in [-0.4, -0.2) is 20.6 Å². The van der Waals surface area contributed by atoms with Crippen molar-refractivity contribution in [3.63, 3.8) is 0 Å². The predicted octanol–water partition coefficient (Wildman–Crippen LogP) is 7.00. The number of para-hydroxylation sites is 1. The zero-order valence-electron chi connectivity index (χ0n) is 18.0. The van der Waals surface area contributed by atoms with Crippen molar-refractivity contribution in [1.82, 2.24) is 9.47 Å². The fourth-order valence-corrected chi connectivity index (χ4v) is 5.23. The summed E-state index contributed by atoms with van der Waals surface area (Å²) in [5, 5.41) is 0.838. The van der Waals surface area contributed by atoms with Gasteiger partial charge in [0.1, 0.15) is 0 Å². The van der Waals surface area contributed by atoms with E-state index >= 15 is 0 Å². The molecule has 0 radical (unpaired) electrons. The second-order valence-electron chi connectivity index (χ2n) is 7.98. The molecule has 2 heterocycles. The summed E-state index contributed by atoms with van der Waals surface area (Å²) in [5.74, 6) is -0.243. The van der Waals surface area contributed by atoms with Crippen molar-refractivity contribution >= 4 is 55.8 Å². The number of rotatable bonds is 5. The van der Waals surface area contributed by atoms with E-state index in [-0.39, 0.29) is 17.7 Å². The van der Waals surface area contributed by atoms with Crippen molar-refractivity contribution in [2.75, 3.05) is 0 Å². The topological polar surface area (TPSA) is 42.3 Å². The fraction of sp³-hybridized carbons (Fsp3) is 0.111. The Balaban J connectivity index is 1.50. The first-order valence-corrected chi connectivity index (χ1v) is 12.2. The zero-order chi connectivity index (χ0) is 22.9. The van der Waals surface area contributed by atoms with Gasteiger partial charge in [-0.1, -0.05) is 76.6 Å². The molecular formula is C27H21BrN2O2S. The number of imide groups is 1. The number of nitrogens with zero attached hydrogens (tertiary/aromatic N) is 2. The number of benzene rings is 3. The summed E-state index contributed by atoms with van der Waals surface area (Å²) in [5.41, 5.74) is 5.29. The van der Waals surface area contributed by atoms with Gasteiger partial charge in [0, 0.05) is 33.2 Å². The first-order valence-electron chi connectivity index (χ1n) is 10.6. The van der Waals surface area contributed by atoms with Crippen molar-refractivity contribution in [2.45, 2.75) is 20.0 Å². The maximum absolute atomic E-state index is 13.1. The SMILES string of the molecule is Cc1c(/C=C2/SC(=O)N(Cc3ccc(Br)cc3)C2=O)c2ccccc2n1Cc1ccccc1. The number of hydrogen-bond acceptors (Lipinski definition) is 3. The van der Waals surface area contributed by atoms with Crippen LogP contribution >= 0.6 is 27.7 Å². The highest BCUT2D eigenvalue weighted by Crippen LogP contribution is 2.36. The molecule has 1 aromatic heterocycles. The smallest absolute Gasteiger partial charge is 0.293 e.